The second kappa shape index (κ2) is 5.93. The Morgan fingerprint density at radius 3 is 1.00 bits per heavy atom. The molecule has 0 spiro atoms. The van der Waals surface area contributed by atoms with Crippen LogP contribution < -0.4 is 0 Å². The van der Waals surface area contributed by atoms with E-state index >= 15 is 0 Å². The van der Waals surface area contributed by atoms with Gasteiger partial charge in [-0.15, -0.1) is 0 Å². The van der Waals surface area contributed by atoms with Crippen LogP contribution >= 0.6 is 0 Å². The topological polar surface area (TPSA) is 80.3 Å². The number of rotatable bonds is 0. The molecule has 0 heterocycles. The van der Waals surface area contributed by atoms with Gasteiger partial charge in [-0.3, -0.25) is 8.42 Å². The van der Waals surface area contributed by atoms with Gasteiger partial charge in [-0.2, -0.15) is 0 Å². The van der Waals surface area contributed by atoms with E-state index in [9.17, 15) is 0 Å². The van der Waals surface area contributed by atoms with E-state index in [1.807, 2.05) is 0 Å². The van der Waals surface area contributed by atoms with Gasteiger partial charge in [0.25, 0.3) is 0 Å². The molecule has 11 heavy (non-hydrogen) atoms. The fourth-order valence-corrected chi connectivity index (χ4v) is 0. The first kappa shape index (κ1) is 17.4. The second-order valence-electron chi connectivity index (χ2n) is 3.09. The van der Waals surface area contributed by atoms with Gasteiger partial charge in [-0.25, -0.2) is 0 Å². The minimum absolute atomic E-state index is 0. The number of nitrogens with zero attached hydrogens (tertiary/aromatic N) is 1. The Kier molecular flexibility index (Phi) is 9.40. The molecule has 0 aromatic heterocycles. The maximum atomic E-state index is 8.52. The van der Waals surface area contributed by atoms with Gasteiger partial charge < -0.3 is 13.6 Å². The molecule has 0 amide bonds. The summed E-state index contributed by atoms with van der Waals surface area (Å²) in [5.41, 5.74) is 0. The van der Waals surface area contributed by atoms with Crippen molar-refractivity contribution in [3.8, 4) is 0 Å². The van der Waals surface area contributed by atoms with E-state index in [0.29, 0.717) is 0 Å². The summed E-state index contributed by atoms with van der Waals surface area (Å²) in [5.74, 6) is 0. The fraction of sp³-hybridized carbons (Fsp3) is 1.00. The van der Waals surface area contributed by atoms with E-state index in [4.69, 9.17) is 17.5 Å². The third kappa shape index (κ3) is 5910. The number of hydrogen-bond acceptors (Lipinski definition) is 4. The van der Waals surface area contributed by atoms with Crippen LogP contribution in [0.2, 0.25) is 0 Å². The zero-order chi connectivity index (χ0) is 9.00. The zero-order valence-corrected chi connectivity index (χ0v) is 8.76. The molecule has 0 saturated heterocycles. The average molecular weight is 226 g/mol. The van der Waals surface area contributed by atoms with E-state index in [1.54, 1.807) is 0 Å². The second-order valence-corrected chi connectivity index (χ2v) is 3.91. The van der Waals surface area contributed by atoms with Gasteiger partial charge in [-0.1, -0.05) is 0 Å². The molecule has 0 aromatic carbocycles. The zero-order valence-electron chi connectivity index (χ0n) is 6.84. The van der Waals surface area contributed by atoms with Crippen molar-refractivity contribution >= 4 is 10.4 Å². The van der Waals surface area contributed by atoms with Crippen molar-refractivity contribution in [2.75, 3.05) is 28.2 Å². The van der Waals surface area contributed by atoms with Crippen molar-refractivity contribution in [3.63, 3.8) is 0 Å². The van der Waals surface area contributed by atoms with Crippen LogP contribution in [0.3, 0.4) is 0 Å². The van der Waals surface area contributed by atoms with Gasteiger partial charge in [0.15, 0.2) is 0 Å². The van der Waals surface area contributed by atoms with E-state index in [2.05, 4.69) is 28.2 Å². The van der Waals surface area contributed by atoms with Crippen LogP contribution in [-0.2, 0) is 27.5 Å². The molecule has 0 saturated carbocycles. The Hall–Kier alpha value is 0.349. The molecule has 0 atom stereocenters. The molecule has 0 aliphatic rings. The van der Waals surface area contributed by atoms with Gasteiger partial charge in [-0.05, 0) is 0 Å². The maximum Gasteiger partial charge on any atom is 1.00 e. The quantitative estimate of drug-likeness (QED) is 0.229. The Morgan fingerprint density at radius 1 is 1.00 bits per heavy atom. The minimum atomic E-state index is -5.17. The Labute approximate surface area is 78.0 Å². The predicted octanol–water partition coefficient (Wildman–Crippen LogP) is -1.02. The van der Waals surface area contributed by atoms with Crippen LogP contribution in [0, 0.1) is 0 Å². The molecule has 71 valence electrons. The summed E-state index contributed by atoms with van der Waals surface area (Å²) in [5, 5.41) is 0. The van der Waals surface area contributed by atoms with Crippen LogP contribution in [0.15, 0.2) is 0 Å². The number of quaternary nitrogens is 1. The Bertz CT molecular complexity index is 157. The molecule has 0 aliphatic carbocycles. The van der Waals surface area contributed by atoms with Crippen molar-refractivity contribution < 1.29 is 39.1 Å². The van der Waals surface area contributed by atoms with Crippen molar-refractivity contribution in [1.29, 1.82) is 0 Å². The summed E-state index contributed by atoms with van der Waals surface area (Å²) in [6, 6.07) is 0. The molecule has 7 heteroatoms. The van der Waals surface area contributed by atoms with Crippen molar-refractivity contribution in [2.45, 2.75) is 0 Å². The summed E-state index contributed by atoms with van der Waals surface area (Å²) in [4.78, 5) is 0. The summed E-state index contributed by atoms with van der Waals surface area (Å²) >= 11 is 0. The van der Waals surface area contributed by atoms with Gasteiger partial charge in [0.1, 0.15) is 0 Å². The standard InChI is InChI=1S/C4H12N.Fe.H2O4S/c1-5(2,3)4;;1-5(2,3)4/h1-4H3;;(H2,1,2,3,4)/q2*+1;/p-2. The first-order valence-corrected chi connectivity index (χ1v) is 3.79. The average Bonchev–Trinajstić information content (AvgIpc) is 1.12. The Morgan fingerprint density at radius 2 is 1.00 bits per heavy atom. The largest absolute Gasteiger partial charge is 1.00 e. The first-order chi connectivity index (χ1) is 4.00. The van der Waals surface area contributed by atoms with Gasteiger partial charge in [0.2, 0.25) is 0 Å². The SMILES string of the molecule is C[N+](C)(C)C.O=S(=O)([O-])[O-].[Fe+]. The van der Waals surface area contributed by atoms with Crippen LogP contribution in [0.25, 0.3) is 0 Å². The Balaban J connectivity index is -0.000000107. The molecule has 0 fully saturated rings. The molecular formula is C4H12FeNO4S. The summed E-state index contributed by atoms with van der Waals surface area (Å²) in [7, 11) is 3.33. The van der Waals surface area contributed by atoms with E-state index in [1.165, 1.54) is 0 Å². The molecule has 1 radical (unpaired) electrons. The van der Waals surface area contributed by atoms with Gasteiger partial charge in [0, 0.05) is 10.4 Å². The van der Waals surface area contributed by atoms with Gasteiger partial charge >= 0.3 is 17.1 Å². The monoisotopic (exact) mass is 226 g/mol. The van der Waals surface area contributed by atoms with Crippen LogP contribution in [0.4, 0.5) is 0 Å². The molecular weight excluding hydrogens is 214 g/mol. The van der Waals surface area contributed by atoms with E-state index < -0.39 is 10.4 Å². The molecule has 0 N–H and O–H groups in total. The molecule has 0 rings (SSSR count). The van der Waals surface area contributed by atoms with E-state index in [-0.39, 0.29) is 17.1 Å². The molecule has 0 unspecified atom stereocenters. The van der Waals surface area contributed by atoms with Crippen LogP contribution in [0.5, 0.6) is 0 Å². The first-order valence-electron chi connectivity index (χ1n) is 2.46. The summed E-state index contributed by atoms with van der Waals surface area (Å²) in [6.07, 6.45) is 0. The third-order valence-corrected chi connectivity index (χ3v) is 0. The normalized spacial score (nSPS) is 10.7. The minimum Gasteiger partial charge on any atom is -0.759 e. The summed E-state index contributed by atoms with van der Waals surface area (Å²) < 4.78 is 35.1. The smallest absolute Gasteiger partial charge is 0.759 e. The van der Waals surface area contributed by atoms with Crippen molar-refractivity contribution in [3.05, 3.63) is 0 Å². The van der Waals surface area contributed by atoms with E-state index in [0.717, 1.165) is 4.48 Å². The van der Waals surface area contributed by atoms with Crippen LogP contribution in [0.1, 0.15) is 0 Å². The molecule has 0 bridgehead atoms. The van der Waals surface area contributed by atoms with Crippen LogP contribution in [-0.4, -0.2) is 50.2 Å². The molecule has 0 aliphatic heterocycles. The third-order valence-electron chi connectivity index (χ3n) is 0. The van der Waals surface area contributed by atoms with Crippen molar-refractivity contribution in [1.82, 2.24) is 0 Å². The molecule has 5 nitrogen and oxygen atoms in total. The maximum absolute atomic E-state index is 8.52. The molecule has 0 aromatic rings. The number of hydrogen-bond donors (Lipinski definition) is 0. The summed E-state index contributed by atoms with van der Waals surface area (Å²) in [6.45, 7) is 0. The fourth-order valence-electron chi connectivity index (χ4n) is 0. The van der Waals surface area contributed by atoms with Crippen molar-refractivity contribution in [2.24, 2.45) is 0 Å². The predicted molar refractivity (Wildman–Crippen MR) is 34.4 cm³/mol. The van der Waals surface area contributed by atoms with Gasteiger partial charge in [0.05, 0.1) is 28.2 Å².